The van der Waals surface area contributed by atoms with E-state index in [2.05, 4.69) is 17.2 Å². The van der Waals surface area contributed by atoms with Gasteiger partial charge in [0, 0.05) is 24.7 Å². The molecular weight excluding hydrogens is 290 g/mol. The summed E-state index contributed by atoms with van der Waals surface area (Å²) < 4.78 is 0. The molecule has 0 bridgehead atoms. The first-order valence-electron chi connectivity index (χ1n) is 6.77. The third-order valence-corrected chi connectivity index (χ3v) is 3.65. The number of carbonyl (C=O) groups excluding carboxylic acids is 2. The fourth-order valence-electron chi connectivity index (χ4n) is 2.35. The standard InChI is InChI=1S/C15H18ClN3O2/c1-2-7-17-13(20)10-19-9-8-18-15(21)14(19)11-5-3-4-6-12(11)16/h2-6,14H,1,7-10H2,(H,17,20)(H,18,21)/t14-/m1/s1. The lowest BCUT2D eigenvalue weighted by Crippen LogP contribution is -2.52. The van der Waals surface area contributed by atoms with Gasteiger partial charge < -0.3 is 10.6 Å². The summed E-state index contributed by atoms with van der Waals surface area (Å²) in [5.41, 5.74) is 0.716. The van der Waals surface area contributed by atoms with Crippen molar-refractivity contribution in [2.75, 3.05) is 26.2 Å². The zero-order valence-electron chi connectivity index (χ0n) is 11.6. The van der Waals surface area contributed by atoms with E-state index in [1.54, 1.807) is 12.1 Å². The van der Waals surface area contributed by atoms with Crippen LogP contribution in [0.25, 0.3) is 0 Å². The number of carbonyl (C=O) groups is 2. The number of nitrogens with one attached hydrogen (secondary N) is 2. The van der Waals surface area contributed by atoms with Crippen molar-refractivity contribution in [3.8, 4) is 0 Å². The Hall–Kier alpha value is -1.85. The molecule has 1 saturated heterocycles. The minimum atomic E-state index is -0.540. The fourth-order valence-corrected chi connectivity index (χ4v) is 2.58. The van der Waals surface area contributed by atoms with Crippen LogP contribution in [0.15, 0.2) is 36.9 Å². The summed E-state index contributed by atoms with van der Waals surface area (Å²) in [6.07, 6.45) is 1.62. The summed E-state index contributed by atoms with van der Waals surface area (Å²) in [5.74, 6) is -0.271. The highest BCUT2D eigenvalue weighted by Crippen LogP contribution is 2.28. The van der Waals surface area contributed by atoms with Gasteiger partial charge in [0.05, 0.1) is 6.54 Å². The van der Waals surface area contributed by atoms with Gasteiger partial charge in [0.2, 0.25) is 11.8 Å². The molecule has 0 unspecified atom stereocenters. The molecule has 1 fully saturated rings. The van der Waals surface area contributed by atoms with E-state index >= 15 is 0 Å². The second kappa shape index (κ2) is 7.24. The minimum Gasteiger partial charge on any atom is -0.353 e. The quantitative estimate of drug-likeness (QED) is 0.801. The highest BCUT2D eigenvalue weighted by molar-refractivity contribution is 6.31. The Morgan fingerprint density at radius 2 is 2.29 bits per heavy atom. The van der Waals surface area contributed by atoms with Crippen molar-refractivity contribution in [1.82, 2.24) is 15.5 Å². The molecule has 21 heavy (non-hydrogen) atoms. The molecule has 1 aliphatic rings. The Kier molecular flexibility index (Phi) is 5.36. The summed E-state index contributed by atoms with van der Waals surface area (Å²) in [4.78, 5) is 25.9. The molecule has 1 atom stereocenters. The summed E-state index contributed by atoms with van der Waals surface area (Å²) in [6, 6.07) is 6.66. The summed E-state index contributed by atoms with van der Waals surface area (Å²) in [6.45, 7) is 5.24. The molecular formula is C15H18ClN3O2. The van der Waals surface area contributed by atoms with Crippen molar-refractivity contribution in [1.29, 1.82) is 0 Å². The first-order chi connectivity index (χ1) is 10.1. The van der Waals surface area contributed by atoms with Crippen LogP contribution in [0.2, 0.25) is 5.02 Å². The zero-order chi connectivity index (χ0) is 15.2. The van der Waals surface area contributed by atoms with Gasteiger partial charge in [-0.2, -0.15) is 0 Å². The van der Waals surface area contributed by atoms with Crippen LogP contribution in [-0.2, 0) is 9.59 Å². The lowest BCUT2D eigenvalue weighted by Gasteiger charge is -2.35. The summed E-state index contributed by atoms with van der Waals surface area (Å²) >= 11 is 6.19. The van der Waals surface area contributed by atoms with E-state index in [0.29, 0.717) is 30.2 Å². The Labute approximate surface area is 129 Å². The van der Waals surface area contributed by atoms with Gasteiger partial charge in [0.25, 0.3) is 0 Å². The molecule has 0 aliphatic carbocycles. The SMILES string of the molecule is C=CCNC(=O)CN1CCNC(=O)[C@H]1c1ccccc1Cl. The third-order valence-electron chi connectivity index (χ3n) is 3.30. The fraction of sp³-hybridized carbons (Fsp3) is 0.333. The molecule has 0 spiro atoms. The number of halogens is 1. The highest BCUT2D eigenvalue weighted by Gasteiger charge is 2.33. The van der Waals surface area contributed by atoms with Gasteiger partial charge in [0.15, 0.2) is 0 Å². The van der Waals surface area contributed by atoms with Gasteiger partial charge in [-0.25, -0.2) is 0 Å². The van der Waals surface area contributed by atoms with Gasteiger partial charge >= 0.3 is 0 Å². The van der Waals surface area contributed by atoms with Crippen LogP contribution >= 0.6 is 11.6 Å². The Morgan fingerprint density at radius 1 is 1.52 bits per heavy atom. The maximum absolute atomic E-state index is 12.2. The first-order valence-corrected chi connectivity index (χ1v) is 7.15. The van der Waals surface area contributed by atoms with E-state index in [9.17, 15) is 9.59 Å². The molecule has 2 amide bonds. The maximum atomic E-state index is 12.2. The van der Waals surface area contributed by atoms with Gasteiger partial charge in [0.1, 0.15) is 6.04 Å². The van der Waals surface area contributed by atoms with Crippen molar-refractivity contribution in [2.45, 2.75) is 6.04 Å². The molecule has 0 saturated carbocycles. The predicted molar refractivity (Wildman–Crippen MR) is 82.0 cm³/mol. The smallest absolute Gasteiger partial charge is 0.242 e. The second-order valence-corrected chi connectivity index (χ2v) is 5.19. The van der Waals surface area contributed by atoms with E-state index in [4.69, 9.17) is 11.6 Å². The van der Waals surface area contributed by atoms with Crippen LogP contribution < -0.4 is 10.6 Å². The van der Waals surface area contributed by atoms with Crippen molar-refractivity contribution in [3.05, 3.63) is 47.5 Å². The molecule has 1 aliphatic heterocycles. The number of hydrogen-bond donors (Lipinski definition) is 2. The number of benzene rings is 1. The second-order valence-electron chi connectivity index (χ2n) is 4.78. The van der Waals surface area contributed by atoms with Crippen molar-refractivity contribution < 1.29 is 9.59 Å². The Bertz CT molecular complexity index is 547. The Balaban J connectivity index is 2.18. The zero-order valence-corrected chi connectivity index (χ0v) is 12.4. The van der Waals surface area contributed by atoms with Crippen LogP contribution in [0, 0.1) is 0 Å². The molecule has 2 rings (SSSR count). The highest BCUT2D eigenvalue weighted by atomic mass is 35.5. The van der Waals surface area contributed by atoms with Gasteiger partial charge in [-0.3, -0.25) is 14.5 Å². The molecule has 0 radical (unpaired) electrons. The normalized spacial score (nSPS) is 18.9. The molecule has 0 aromatic heterocycles. The van der Waals surface area contributed by atoms with Gasteiger partial charge in [-0.15, -0.1) is 6.58 Å². The van der Waals surface area contributed by atoms with Gasteiger partial charge in [-0.05, 0) is 11.6 Å². The number of piperazine rings is 1. The van der Waals surface area contributed by atoms with E-state index in [0.717, 1.165) is 0 Å². The van der Waals surface area contributed by atoms with E-state index in [1.807, 2.05) is 23.1 Å². The molecule has 5 nitrogen and oxygen atoms in total. The number of amides is 2. The summed E-state index contributed by atoms with van der Waals surface area (Å²) in [5, 5.41) is 6.06. The van der Waals surface area contributed by atoms with Crippen LogP contribution in [-0.4, -0.2) is 42.9 Å². The third kappa shape index (κ3) is 3.83. The molecule has 2 N–H and O–H groups in total. The molecule has 1 heterocycles. The van der Waals surface area contributed by atoms with Gasteiger partial charge in [-0.1, -0.05) is 35.9 Å². The number of nitrogens with zero attached hydrogens (tertiary/aromatic N) is 1. The molecule has 6 heteroatoms. The number of hydrogen-bond acceptors (Lipinski definition) is 3. The van der Waals surface area contributed by atoms with Crippen LogP contribution in [0.3, 0.4) is 0 Å². The van der Waals surface area contributed by atoms with E-state index in [1.165, 1.54) is 0 Å². The Morgan fingerprint density at radius 3 is 3.00 bits per heavy atom. The predicted octanol–water partition coefficient (Wildman–Crippen LogP) is 1.12. The monoisotopic (exact) mass is 307 g/mol. The average Bonchev–Trinajstić information content (AvgIpc) is 2.47. The van der Waals surface area contributed by atoms with E-state index in [-0.39, 0.29) is 18.4 Å². The lowest BCUT2D eigenvalue weighted by atomic mass is 10.0. The molecule has 1 aromatic rings. The van der Waals surface area contributed by atoms with Crippen LogP contribution in [0.1, 0.15) is 11.6 Å². The molecule has 112 valence electrons. The van der Waals surface area contributed by atoms with Crippen molar-refractivity contribution in [3.63, 3.8) is 0 Å². The summed E-state index contributed by atoms with van der Waals surface area (Å²) in [7, 11) is 0. The largest absolute Gasteiger partial charge is 0.353 e. The van der Waals surface area contributed by atoms with Crippen LogP contribution in [0.4, 0.5) is 0 Å². The molecule has 1 aromatic carbocycles. The lowest BCUT2D eigenvalue weighted by molar-refractivity contribution is -0.131. The number of rotatable bonds is 5. The van der Waals surface area contributed by atoms with Crippen molar-refractivity contribution in [2.24, 2.45) is 0 Å². The average molecular weight is 308 g/mol. The topological polar surface area (TPSA) is 61.4 Å². The minimum absolute atomic E-state index is 0.133. The first kappa shape index (κ1) is 15.5. The van der Waals surface area contributed by atoms with E-state index < -0.39 is 6.04 Å². The van der Waals surface area contributed by atoms with Crippen LogP contribution in [0.5, 0.6) is 0 Å². The van der Waals surface area contributed by atoms with Crippen molar-refractivity contribution >= 4 is 23.4 Å². The maximum Gasteiger partial charge on any atom is 0.242 e.